The predicted molar refractivity (Wildman–Crippen MR) is 86.7 cm³/mol. The number of hydrogen-bond donors (Lipinski definition) is 1. The van der Waals surface area contributed by atoms with Crippen LogP contribution in [0.25, 0.3) is 0 Å². The molecule has 0 bridgehead atoms. The van der Waals surface area contributed by atoms with E-state index in [9.17, 15) is 9.59 Å². The van der Waals surface area contributed by atoms with Crippen LogP contribution in [0.15, 0.2) is 24.3 Å². The van der Waals surface area contributed by atoms with Crippen molar-refractivity contribution >= 4 is 11.9 Å². The molecule has 1 aromatic rings. The fourth-order valence-corrected chi connectivity index (χ4v) is 1.97. The fourth-order valence-electron chi connectivity index (χ4n) is 1.97. The average molecular weight is 318 g/mol. The van der Waals surface area contributed by atoms with Gasteiger partial charge >= 0.3 is 5.97 Å². The molecule has 0 spiro atoms. The number of carbonyl (C=O) groups excluding carboxylic acids is 2. The van der Waals surface area contributed by atoms with Gasteiger partial charge in [-0.1, -0.05) is 18.1 Å². The van der Waals surface area contributed by atoms with E-state index in [1.165, 1.54) is 7.11 Å². The normalized spacial score (nSPS) is 11.3. The van der Waals surface area contributed by atoms with E-state index in [-0.39, 0.29) is 12.6 Å². The van der Waals surface area contributed by atoms with Crippen molar-refractivity contribution in [3.63, 3.8) is 0 Å². The number of hydrogen-bond acceptors (Lipinski definition) is 5. The summed E-state index contributed by atoms with van der Waals surface area (Å²) in [6, 6.07) is 6.73. The van der Waals surface area contributed by atoms with Crippen molar-refractivity contribution in [2.24, 2.45) is 5.73 Å². The van der Waals surface area contributed by atoms with Gasteiger partial charge in [-0.3, -0.25) is 14.5 Å². The first-order valence-electron chi connectivity index (χ1n) is 7.15. The highest BCUT2D eigenvalue weighted by Crippen LogP contribution is 2.15. The van der Waals surface area contributed by atoms with Gasteiger partial charge in [0, 0.05) is 0 Å². The Hall–Kier alpha value is -2.52. The van der Waals surface area contributed by atoms with E-state index in [2.05, 4.69) is 11.8 Å². The Morgan fingerprint density at radius 3 is 2.48 bits per heavy atom. The number of esters is 1. The number of amides is 1. The minimum atomic E-state index is -0.529. The maximum Gasteiger partial charge on any atom is 0.323 e. The summed E-state index contributed by atoms with van der Waals surface area (Å²) in [6.07, 6.45) is 0.491. The molecule has 6 heteroatoms. The summed E-state index contributed by atoms with van der Waals surface area (Å²) in [6.45, 7) is 2.07. The standard InChI is InChI=1S/C17H22N2O4/c1-4-5-10-19(2)15(17(21)22-3)11-13-6-8-14(9-7-13)23-12-16(18)20/h6-9,15H,10-12H2,1-3H3,(H2,18,20)/t15-/m0/s1. The molecule has 6 nitrogen and oxygen atoms in total. The van der Waals surface area contributed by atoms with E-state index in [0.29, 0.717) is 18.7 Å². The van der Waals surface area contributed by atoms with Crippen LogP contribution in [0.1, 0.15) is 12.5 Å². The molecule has 2 N–H and O–H groups in total. The second-order valence-electron chi connectivity index (χ2n) is 4.98. The van der Waals surface area contributed by atoms with Gasteiger partial charge < -0.3 is 15.2 Å². The fraction of sp³-hybridized carbons (Fsp3) is 0.412. The van der Waals surface area contributed by atoms with Gasteiger partial charge in [-0.05, 0) is 38.1 Å². The van der Waals surface area contributed by atoms with Gasteiger partial charge in [0.15, 0.2) is 6.61 Å². The van der Waals surface area contributed by atoms with E-state index in [1.807, 2.05) is 24.1 Å². The van der Waals surface area contributed by atoms with Gasteiger partial charge in [0.25, 0.3) is 5.91 Å². The lowest BCUT2D eigenvalue weighted by Crippen LogP contribution is -2.41. The molecular formula is C17H22N2O4. The van der Waals surface area contributed by atoms with Crippen molar-refractivity contribution in [3.8, 4) is 17.6 Å². The molecule has 0 fully saturated rings. The van der Waals surface area contributed by atoms with Crippen LogP contribution in [0.5, 0.6) is 5.75 Å². The van der Waals surface area contributed by atoms with Gasteiger partial charge in [-0.25, -0.2) is 0 Å². The highest BCUT2D eigenvalue weighted by Gasteiger charge is 2.23. The SMILES string of the molecule is CC#CCN(C)[C@@H](Cc1ccc(OCC(N)=O)cc1)C(=O)OC. The number of nitrogens with zero attached hydrogens (tertiary/aromatic N) is 1. The van der Waals surface area contributed by atoms with Crippen molar-refractivity contribution in [3.05, 3.63) is 29.8 Å². The topological polar surface area (TPSA) is 81.9 Å². The highest BCUT2D eigenvalue weighted by molar-refractivity contribution is 5.76. The highest BCUT2D eigenvalue weighted by atomic mass is 16.5. The zero-order chi connectivity index (χ0) is 17.2. The van der Waals surface area contributed by atoms with E-state index >= 15 is 0 Å². The molecule has 1 rings (SSSR count). The summed E-state index contributed by atoms with van der Waals surface area (Å²) < 4.78 is 10.1. The zero-order valence-corrected chi connectivity index (χ0v) is 13.7. The first-order chi connectivity index (χ1) is 11.0. The molecule has 0 saturated carbocycles. The summed E-state index contributed by atoms with van der Waals surface area (Å²) in [7, 11) is 3.20. The molecule has 0 radical (unpaired) electrons. The van der Waals surface area contributed by atoms with Crippen LogP contribution < -0.4 is 10.5 Å². The van der Waals surface area contributed by atoms with Crippen LogP contribution in [0.4, 0.5) is 0 Å². The third-order valence-electron chi connectivity index (χ3n) is 3.24. The Bertz CT molecular complexity index is 587. The molecule has 0 heterocycles. The van der Waals surface area contributed by atoms with E-state index < -0.39 is 11.9 Å². The van der Waals surface area contributed by atoms with E-state index in [0.717, 1.165) is 5.56 Å². The lowest BCUT2D eigenvalue weighted by Gasteiger charge is -2.24. The Kier molecular flexibility index (Phi) is 7.64. The van der Waals surface area contributed by atoms with Crippen LogP contribution in [-0.2, 0) is 20.7 Å². The summed E-state index contributed by atoms with van der Waals surface area (Å²) in [5.74, 6) is 5.45. The third-order valence-corrected chi connectivity index (χ3v) is 3.24. The number of carbonyl (C=O) groups is 2. The van der Waals surface area contributed by atoms with Crippen LogP contribution in [-0.4, -0.2) is 50.1 Å². The van der Waals surface area contributed by atoms with Gasteiger partial charge in [-0.15, -0.1) is 5.92 Å². The van der Waals surface area contributed by atoms with E-state index in [1.54, 1.807) is 19.1 Å². The number of methoxy groups -OCH3 is 1. The molecule has 1 aromatic carbocycles. The minimum absolute atomic E-state index is 0.164. The van der Waals surface area contributed by atoms with E-state index in [4.69, 9.17) is 15.2 Å². The number of nitrogens with two attached hydrogens (primary N) is 1. The van der Waals surface area contributed by atoms with Crippen LogP contribution >= 0.6 is 0 Å². The molecule has 1 amide bonds. The summed E-state index contributed by atoms with van der Waals surface area (Å²) in [4.78, 5) is 24.5. The number of benzene rings is 1. The summed E-state index contributed by atoms with van der Waals surface area (Å²) in [5.41, 5.74) is 5.97. The smallest absolute Gasteiger partial charge is 0.323 e. The van der Waals surface area contributed by atoms with Crippen molar-refractivity contribution in [1.82, 2.24) is 4.90 Å². The predicted octanol–water partition coefficient (Wildman–Crippen LogP) is 0.590. The van der Waals surface area contributed by atoms with Gasteiger partial charge in [0.2, 0.25) is 0 Å². The second kappa shape index (κ2) is 9.49. The maximum absolute atomic E-state index is 12.0. The summed E-state index contributed by atoms with van der Waals surface area (Å²) in [5, 5.41) is 0. The first-order valence-corrected chi connectivity index (χ1v) is 7.15. The van der Waals surface area contributed by atoms with Gasteiger partial charge in [0.1, 0.15) is 11.8 Å². The number of ether oxygens (including phenoxy) is 2. The van der Waals surface area contributed by atoms with Gasteiger partial charge in [-0.2, -0.15) is 0 Å². The molecule has 1 atom stereocenters. The molecular weight excluding hydrogens is 296 g/mol. The Morgan fingerprint density at radius 1 is 1.30 bits per heavy atom. The van der Waals surface area contributed by atoms with Crippen molar-refractivity contribution in [2.75, 3.05) is 27.3 Å². The minimum Gasteiger partial charge on any atom is -0.484 e. The Morgan fingerprint density at radius 2 is 1.96 bits per heavy atom. The maximum atomic E-state index is 12.0. The molecule has 0 aliphatic rings. The van der Waals surface area contributed by atoms with Crippen molar-refractivity contribution in [1.29, 1.82) is 0 Å². The van der Waals surface area contributed by atoms with Crippen LogP contribution in [0.3, 0.4) is 0 Å². The quantitative estimate of drug-likeness (QED) is 0.560. The van der Waals surface area contributed by atoms with Gasteiger partial charge in [0.05, 0.1) is 13.7 Å². The number of primary amides is 1. The first kappa shape index (κ1) is 18.5. The van der Waals surface area contributed by atoms with Crippen molar-refractivity contribution in [2.45, 2.75) is 19.4 Å². The lowest BCUT2D eigenvalue weighted by atomic mass is 10.0. The largest absolute Gasteiger partial charge is 0.484 e. The molecule has 0 aliphatic heterocycles. The molecule has 23 heavy (non-hydrogen) atoms. The average Bonchev–Trinajstić information content (AvgIpc) is 2.55. The molecule has 124 valence electrons. The second-order valence-corrected chi connectivity index (χ2v) is 4.98. The van der Waals surface area contributed by atoms with Crippen molar-refractivity contribution < 1.29 is 19.1 Å². The summed E-state index contributed by atoms with van der Waals surface area (Å²) >= 11 is 0. The zero-order valence-electron chi connectivity index (χ0n) is 13.7. The third kappa shape index (κ3) is 6.41. The monoisotopic (exact) mass is 318 g/mol. The molecule has 0 unspecified atom stereocenters. The number of likely N-dealkylation sites (N-methyl/N-ethyl adjacent to an activating group) is 1. The Balaban J connectivity index is 2.76. The number of rotatable bonds is 8. The Labute approximate surface area is 136 Å². The lowest BCUT2D eigenvalue weighted by molar-refractivity contribution is -0.146. The molecule has 0 saturated heterocycles. The van der Waals surface area contributed by atoms with Crippen LogP contribution in [0.2, 0.25) is 0 Å². The molecule has 0 aromatic heterocycles. The molecule has 0 aliphatic carbocycles. The van der Waals surface area contributed by atoms with Crippen LogP contribution in [0, 0.1) is 11.8 Å².